The number of phenols is 1. The predicted molar refractivity (Wildman–Crippen MR) is 101 cm³/mol. The number of halogens is 3. The Kier molecular flexibility index (Phi) is 5.66. The molecule has 0 amide bonds. The summed E-state index contributed by atoms with van der Waals surface area (Å²) in [6.07, 6.45) is 0. The Bertz CT molecular complexity index is 1110. The number of thiophene rings is 1. The number of carboxylic acids is 1. The summed E-state index contributed by atoms with van der Waals surface area (Å²) in [4.78, 5) is 11.0. The summed E-state index contributed by atoms with van der Waals surface area (Å²) in [6.45, 7) is 0. The van der Waals surface area contributed by atoms with Gasteiger partial charge in [-0.3, -0.25) is 8.51 Å². The zero-order valence-electron chi connectivity index (χ0n) is 13.6. The van der Waals surface area contributed by atoms with Crippen LogP contribution in [0.3, 0.4) is 0 Å². The monoisotopic (exact) mass is 444 g/mol. The summed E-state index contributed by atoms with van der Waals surface area (Å²) in [7, 11) is 0. The molecule has 1 atom stereocenters. The van der Waals surface area contributed by atoms with Crippen molar-refractivity contribution in [3.05, 3.63) is 64.0 Å². The minimum atomic E-state index is -2.88. The number of aromatic hydroxyl groups is 1. The molecule has 0 aliphatic rings. The van der Waals surface area contributed by atoms with Gasteiger partial charge in [0, 0.05) is 17.2 Å². The molecule has 6 nitrogen and oxygen atoms in total. The van der Waals surface area contributed by atoms with Crippen molar-refractivity contribution in [1.29, 1.82) is 0 Å². The minimum absolute atomic E-state index is 0.0151. The van der Waals surface area contributed by atoms with Gasteiger partial charge in [0.25, 0.3) is 0 Å². The quantitative estimate of drug-likeness (QED) is 0.556. The molecule has 0 saturated heterocycles. The van der Waals surface area contributed by atoms with Crippen LogP contribution < -0.4 is 4.31 Å². The zero-order chi connectivity index (χ0) is 20.6. The Morgan fingerprint density at radius 3 is 2.46 bits per heavy atom. The molecule has 0 spiro atoms. The average molecular weight is 445 g/mol. The summed E-state index contributed by atoms with van der Waals surface area (Å²) < 4.78 is 51.8. The van der Waals surface area contributed by atoms with Gasteiger partial charge in [-0.05, 0) is 36.4 Å². The molecule has 3 rings (SSSR count). The summed E-state index contributed by atoms with van der Waals surface area (Å²) in [6, 6.07) is 7.21. The van der Waals surface area contributed by atoms with Crippen molar-refractivity contribution >= 4 is 50.9 Å². The lowest BCUT2D eigenvalue weighted by Crippen LogP contribution is -2.18. The van der Waals surface area contributed by atoms with Crippen LogP contribution in [0.4, 0.5) is 19.5 Å². The van der Waals surface area contributed by atoms with E-state index >= 15 is 0 Å². The van der Waals surface area contributed by atoms with E-state index in [1.165, 1.54) is 12.1 Å². The van der Waals surface area contributed by atoms with Gasteiger partial charge >= 0.3 is 5.97 Å². The SMILES string of the molecule is O=C(O)c1ccc(N(c2cc(-c3cc(F)ccc3F)c(Cl)s2)S(=O)[O-])cc1O. The molecule has 1 heterocycles. The number of hydrogen-bond acceptors (Lipinski definition) is 5. The zero-order valence-corrected chi connectivity index (χ0v) is 15.9. The van der Waals surface area contributed by atoms with Gasteiger partial charge in [-0.2, -0.15) is 0 Å². The molecule has 3 aromatic rings. The Labute approximate surface area is 168 Å². The first kappa shape index (κ1) is 20.2. The second-order valence-corrected chi connectivity index (χ2v) is 7.85. The lowest BCUT2D eigenvalue weighted by molar-refractivity contribution is 0.0693. The average Bonchev–Trinajstić information content (AvgIpc) is 2.97. The van der Waals surface area contributed by atoms with E-state index in [2.05, 4.69) is 0 Å². The Hall–Kier alpha value is -2.53. The smallest absolute Gasteiger partial charge is 0.339 e. The van der Waals surface area contributed by atoms with E-state index in [1.54, 1.807) is 0 Å². The van der Waals surface area contributed by atoms with Gasteiger partial charge in [-0.1, -0.05) is 11.6 Å². The molecule has 1 unspecified atom stereocenters. The Morgan fingerprint density at radius 2 is 1.86 bits per heavy atom. The highest BCUT2D eigenvalue weighted by Crippen LogP contribution is 2.44. The fourth-order valence-corrected chi connectivity index (χ4v) is 4.46. The maximum absolute atomic E-state index is 14.1. The Morgan fingerprint density at radius 1 is 1.14 bits per heavy atom. The van der Waals surface area contributed by atoms with Crippen molar-refractivity contribution < 1.29 is 32.6 Å². The van der Waals surface area contributed by atoms with Crippen molar-refractivity contribution in [2.24, 2.45) is 0 Å². The predicted octanol–water partition coefficient (Wildman–Crippen LogP) is 4.68. The third-order valence-electron chi connectivity index (χ3n) is 3.69. The second kappa shape index (κ2) is 7.84. The molecule has 0 aliphatic heterocycles. The number of aromatic carboxylic acids is 1. The van der Waals surface area contributed by atoms with Crippen molar-refractivity contribution in [1.82, 2.24) is 0 Å². The molecule has 0 radical (unpaired) electrons. The van der Waals surface area contributed by atoms with E-state index in [1.807, 2.05) is 0 Å². The summed E-state index contributed by atoms with van der Waals surface area (Å²) >= 11 is 4.01. The molecular weight excluding hydrogens is 436 g/mol. The van der Waals surface area contributed by atoms with E-state index in [0.29, 0.717) is 0 Å². The lowest BCUT2D eigenvalue weighted by atomic mass is 10.1. The van der Waals surface area contributed by atoms with Gasteiger partial charge < -0.3 is 14.8 Å². The molecular formula is C17H9ClF2NO5S2-. The van der Waals surface area contributed by atoms with Gasteiger partial charge in [-0.25, -0.2) is 13.6 Å². The molecule has 2 aromatic carbocycles. The van der Waals surface area contributed by atoms with Crippen LogP contribution in [0.5, 0.6) is 5.75 Å². The molecule has 28 heavy (non-hydrogen) atoms. The molecule has 0 saturated carbocycles. The van der Waals surface area contributed by atoms with E-state index in [-0.39, 0.29) is 26.2 Å². The third-order valence-corrected chi connectivity index (χ3v) is 5.85. The molecule has 2 N–H and O–H groups in total. The fraction of sp³-hybridized carbons (Fsp3) is 0. The number of carbonyl (C=O) groups is 1. The van der Waals surface area contributed by atoms with E-state index in [0.717, 1.165) is 46.0 Å². The second-order valence-electron chi connectivity index (χ2n) is 5.41. The summed E-state index contributed by atoms with van der Waals surface area (Å²) in [5, 5.41) is 18.8. The van der Waals surface area contributed by atoms with Gasteiger partial charge in [0.2, 0.25) is 0 Å². The summed E-state index contributed by atoms with van der Waals surface area (Å²) in [5.41, 5.74) is -0.541. The highest BCUT2D eigenvalue weighted by atomic mass is 35.5. The number of nitrogens with zero attached hydrogens (tertiary/aromatic N) is 1. The molecule has 0 fully saturated rings. The molecule has 0 bridgehead atoms. The van der Waals surface area contributed by atoms with Crippen molar-refractivity contribution in [3.63, 3.8) is 0 Å². The highest BCUT2D eigenvalue weighted by molar-refractivity contribution is 7.81. The van der Waals surface area contributed by atoms with E-state index < -0.39 is 40.2 Å². The van der Waals surface area contributed by atoms with Crippen LogP contribution in [0.1, 0.15) is 10.4 Å². The largest absolute Gasteiger partial charge is 0.755 e. The topological polar surface area (TPSA) is 101 Å². The maximum Gasteiger partial charge on any atom is 0.339 e. The number of anilines is 2. The summed E-state index contributed by atoms with van der Waals surface area (Å²) in [5.74, 6) is -3.47. The van der Waals surface area contributed by atoms with Crippen LogP contribution >= 0.6 is 22.9 Å². The van der Waals surface area contributed by atoms with Crippen molar-refractivity contribution in [3.8, 4) is 16.9 Å². The van der Waals surface area contributed by atoms with E-state index in [9.17, 15) is 27.4 Å². The number of rotatable bonds is 5. The lowest BCUT2D eigenvalue weighted by Gasteiger charge is -2.25. The van der Waals surface area contributed by atoms with Gasteiger partial charge in [0.1, 0.15) is 32.3 Å². The molecule has 146 valence electrons. The first-order chi connectivity index (χ1) is 13.2. The van der Waals surface area contributed by atoms with Crippen LogP contribution in [-0.4, -0.2) is 24.9 Å². The van der Waals surface area contributed by atoms with E-state index in [4.69, 9.17) is 16.7 Å². The van der Waals surface area contributed by atoms with Gasteiger partial charge in [0.05, 0.1) is 17.0 Å². The standard InChI is InChI=1S/C17H10ClF2NO5S2/c18-16-12(11-5-8(19)1-4-13(11)20)7-15(27-16)21(28(25)26)9-2-3-10(17(23)24)14(22)6-9/h1-7,22H,(H,23,24)(H,25,26)/p-1. The first-order valence-electron chi connectivity index (χ1n) is 7.39. The number of hydrogen-bond donors (Lipinski definition) is 2. The number of carboxylic acid groups (broad SMARTS) is 1. The highest BCUT2D eigenvalue weighted by Gasteiger charge is 2.21. The Balaban J connectivity index is 2.10. The van der Waals surface area contributed by atoms with Crippen LogP contribution in [0.25, 0.3) is 11.1 Å². The first-order valence-corrected chi connectivity index (χ1v) is 9.62. The maximum atomic E-state index is 14.1. The van der Waals surface area contributed by atoms with Crippen LogP contribution in [0, 0.1) is 11.6 Å². The normalized spacial score (nSPS) is 12.0. The van der Waals surface area contributed by atoms with Gasteiger partial charge in [-0.15, -0.1) is 11.3 Å². The van der Waals surface area contributed by atoms with Crippen molar-refractivity contribution in [2.45, 2.75) is 0 Å². The van der Waals surface area contributed by atoms with Gasteiger partial charge in [0.15, 0.2) is 0 Å². The van der Waals surface area contributed by atoms with Crippen LogP contribution in [-0.2, 0) is 11.3 Å². The third kappa shape index (κ3) is 3.85. The van der Waals surface area contributed by atoms with Crippen molar-refractivity contribution in [2.75, 3.05) is 4.31 Å². The molecule has 11 heteroatoms. The van der Waals surface area contributed by atoms with Crippen LogP contribution in [0.2, 0.25) is 4.34 Å². The minimum Gasteiger partial charge on any atom is -0.755 e. The fourth-order valence-electron chi connectivity index (χ4n) is 2.46. The van der Waals surface area contributed by atoms with Crippen LogP contribution in [0.15, 0.2) is 42.5 Å². The number of benzene rings is 2. The molecule has 1 aromatic heterocycles. The molecule has 0 aliphatic carbocycles.